The normalized spacial score (nSPS) is 12.9. The average Bonchev–Trinajstić information content (AvgIpc) is 3.27. The molecule has 4 aromatic rings. The third-order valence-corrected chi connectivity index (χ3v) is 7.08. The summed E-state index contributed by atoms with van der Waals surface area (Å²) in [4.78, 5) is 32.6. The fraction of sp³-hybridized carbons (Fsp3) is 0.323. The highest BCUT2D eigenvalue weighted by atomic mass is 16.2. The molecule has 1 aliphatic heterocycles. The maximum atomic E-state index is 13.5. The number of imidazole rings is 1. The van der Waals surface area contributed by atoms with Crippen molar-refractivity contribution < 1.29 is 9.59 Å². The van der Waals surface area contributed by atoms with E-state index in [-0.39, 0.29) is 18.4 Å². The van der Waals surface area contributed by atoms with Crippen LogP contribution in [0.2, 0.25) is 0 Å². The number of nitrogens with zero attached hydrogens (tertiary/aromatic N) is 3. The van der Waals surface area contributed by atoms with Crippen LogP contribution in [0.1, 0.15) is 53.0 Å². The topological polar surface area (TPSA) is 67.2 Å². The molecule has 6 nitrogen and oxygen atoms in total. The number of fused-ring (bicyclic) bond motifs is 2. The van der Waals surface area contributed by atoms with Gasteiger partial charge in [0.05, 0.1) is 11.0 Å². The van der Waals surface area contributed by atoms with Crippen LogP contribution in [0.15, 0.2) is 72.8 Å². The van der Waals surface area contributed by atoms with E-state index in [4.69, 9.17) is 4.98 Å². The molecule has 0 saturated heterocycles. The van der Waals surface area contributed by atoms with E-state index >= 15 is 0 Å². The number of hydrogen-bond donors (Lipinski definition) is 1. The van der Waals surface area contributed by atoms with Crippen LogP contribution in [0, 0.1) is 6.92 Å². The summed E-state index contributed by atoms with van der Waals surface area (Å²) in [5, 5.41) is 3.02. The van der Waals surface area contributed by atoms with Crippen LogP contribution < -0.4 is 10.2 Å². The number of unbranched alkanes of at least 4 members (excludes halogenated alkanes) is 2. The number of aryl methyl sites for hydroxylation is 3. The van der Waals surface area contributed by atoms with Crippen molar-refractivity contribution in [3.63, 3.8) is 0 Å². The Morgan fingerprint density at radius 3 is 2.68 bits per heavy atom. The smallest absolute Gasteiger partial charge is 0.251 e. The number of benzene rings is 3. The molecule has 0 aliphatic carbocycles. The Labute approximate surface area is 218 Å². The first kappa shape index (κ1) is 24.8. The van der Waals surface area contributed by atoms with Crippen molar-refractivity contribution in [1.29, 1.82) is 0 Å². The number of rotatable bonds is 9. The summed E-state index contributed by atoms with van der Waals surface area (Å²) >= 11 is 0. The maximum absolute atomic E-state index is 13.5. The van der Waals surface area contributed by atoms with Gasteiger partial charge in [-0.25, -0.2) is 4.98 Å². The largest absolute Gasteiger partial charge is 0.352 e. The third kappa shape index (κ3) is 5.74. The molecule has 190 valence electrons. The average molecular weight is 495 g/mol. The Hall–Kier alpha value is -3.93. The highest BCUT2D eigenvalue weighted by Gasteiger charge is 2.23. The molecule has 0 atom stereocenters. The molecule has 2 heterocycles. The monoisotopic (exact) mass is 494 g/mol. The lowest BCUT2D eigenvalue weighted by molar-refractivity contribution is -0.119. The van der Waals surface area contributed by atoms with Gasteiger partial charge in [-0.15, -0.1) is 0 Å². The van der Waals surface area contributed by atoms with Crippen molar-refractivity contribution in [3.05, 3.63) is 95.3 Å². The van der Waals surface area contributed by atoms with Crippen LogP contribution in [0.5, 0.6) is 0 Å². The predicted molar refractivity (Wildman–Crippen MR) is 148 cm³/mol. The molecule has 5 rings (SSSR count). The molecular weight excluding hydrogens is 460 g/mol. The van der Waals surface area contributed by atoms with Crippen molar-refractivity contribution in [3.8, 4) is 0 Å². The number of carbonyl (C=O) groups excluding carboxylic acids is 2. The second-order valence-corrected chi connectivity index (χ2v) is 9.82. The van der Waals surface area contributed by atoms with E-state index in [0.29, 0.717) is 12.1 Å². The van der Waals surface area contributed by atoms with Gasteiger partial charge in [0.15, 0.2) is 0 Å². The number of carbonyl (C=O) groups is 2. The molecule has 0 unspecified atom stereocenters. The van der Waals surface area contributed by atoms with Gasteiger partial charge in [-0.2, -0.15) is 0 Å². The summed E-state index contributed by atoms with van der Waals surface area (Å²) in [7, 11) is 0. The molecular formula is C31H34N4O2. The zero-order valence-corrected chi connectivity index (χ0v) is 21.5. The van der Waals surface area contributed by atoms with Gasteiger partial charge < -0.3 is 14.8 Å². The Morgan fingerprint density at radius 1 is 0.946 bits per heavy atom. The molecule has 0 radical (unpaired) electrons. The summed E-state index contributed by atoms with van der Waals surface area (Å²) in [6.45, 7) is 3.68. The zero-order chi connectivity index (χ0) is 25.6. The van der Waals surface area contributed by atoms with E-state index in [1.54, 1.807) is 0 Å². The van der Waals surface area contributed by atoms with Gasteiger partial charge in [0, 0.05) is 30.8 Å². The number of anilines is 1. The molecule has 1 aromatic heterocycles. The number of para-hydroxylation sites is 3. The van der Waals surface area contributed by atoms with E-state index in [1.165, 1.54) is 5.56 Å². The Balaban J connectivity index is 1.19. The Bertz CT molecular complexity index is 1410. The predicted octanol–water partition coefficient (Wildman–Crippen LogP) is 5.47. The molecule has 0 fully saturated rings. The fourth-order valence-electron chi connectivity index (χ4n) is 5.18. The fourth-order valence-corrected chi connectivity index (χ4v) is 5.18. The van der Waals surface area contributed by atoms with Gasteiger partial charge in [-0.05, 0) is 68.5 Å². The SMILES string of the molecule is Cc1cccc(C(=O)NCCCCCc2nc3ccccc3n2CC(=O)N2CCCc3ccccc32)c1. The standard InChI is InChI=1S/C31H34N4O2/c1-23-11-9-13-25(21-23)31(37)32-19-8-2-3-18-29-33-26-15-5-7-17-28(26)35(29)22-30(36)34-20-10-14-24-12-4-6-16-27(24)34/h4-7,9,11-13,15-17,21H,2-3,8,10,14,18-20,22H2,1H3,(H,32,37). The molecule has 3 aromatic carbocycles. The van der Waals surface area contributed by atoms with Gasteiger partial charge in [0.2, 0.25) is 5.91 Å². The first-order chi connectivity index (χ1) is 18.1. The van der Waals surface area contributed by atoms with Crippen molar-refractivity contribution in [1.82, 2.24) is 14.9 Å². The van der Waals surface area contributed by atoms with Gasteiger partial charge in [0.1, 0.15) is 12.4 Å². The minimum absolute atomic E-state index is 0.0247. The molecule has 0 saturated carbocycles. The van der Waals surface area contributed by atoms with Crippen LogP contribution in [0.4, 0.5) is 5.69 Å². The summed E-state index contributed by atoms with van der Waals surface area (Å²) < 4.78 is 2.09. The molecule has 37 heavy (non-hydrogen) atoms. The van der Waals surface area contributed by atoms with Gasteiger partial charge in [0.25, 0.3) is 5.91 Å². The molecule has 1 N–H and O–H groups in total. The Morgan fingerprint density at radius 2 is 1.78 bits per heavy atom. The molecule has 6 heteroatoms. The molecule has 0 spiro atoms. The lowest BCUT2D eigenvalue weighted by Crippen LogP contribution is -2.38. The lowest BCUT2D eigenvalue weighted by Gasteiger charge is -2.29. The van der Waals surface area contributed by atoms with Crippen LogP contribution in [-0.4, -0.2) is 34.5 Å². The molecule has 0 bridgehead atoms. The van der Waals surface area contributed by atoms with Gasteiger partial charge >= 0.3 is 0 Å². The molecule has 2 amide bonds. The lowest BCUT2D eigenvalue weighted by atomic mass is 10.0. The summed E-state index contributed by atoms with van der Waals surface area (Å²) in [6, 6.07) is 23.9. The first-order valence-electron chi connectivity index (χ1n) is 13.3. The van der Waals surface area contributed by atoms with Crippen LogP contribution in [0.3, 0.4) is 0 Å². The minimum Gasteiger partial charge on any atom is -0.352 e. The number of nitrogens with one attached hydrogen (secondary N) is 1. The summed E-state index contributed by atoms with van der Waals surface area (Å²) in [5.41, 5.74) is 5.99. The van der Waals surface area contributed by atoms with E-state index in [0.717, 1.165) is 73.2 Å². The summed E-state index contributed by atoms with van der Waals surface area (Å²) in [6.07, 6.45) is 5.63. The quantitative estimate of drug-likeness (QED) is 0.314. The number of amides is 2. The van der Waals surface area contributed by atoms with E-state index in [9.17, 15) is 9.59 Å². The third-order valence-electron chi connectivity index (χ3n) is 7.08. The maximum Gasteiger partial charge on any atom is 0.251 e. The Kier molecular flexibility index (Phi) is 7.64. The van der Waals surface area contributed by atoms with Crippen molar-refractivity contribution in [2.24, 2.45) is 0 Å². The summed E-state index contributed by atoms with van der Waals surface area (Å²) in [5.74, 6) is 1.03. The molecule has 1 aliphatic rings. The highest BCUT2D eigenvalue weighted by molar-refractivity contribution is 5.95. The van der Waals surface area contributed by atoms with Gasteiger partial charge in [-0.1, -0.05) is 54.4 Å². The zero-order valence-electron chi connectivity index (χ0n) is 21.5. The van der Waals surface area contributed by atoms with Crippen molar-refractivity contribution in [2.75, 3.05) is 18.0 Å². The number of hydrogen-bond acceptors (Lipinski definition) is 3. The second kappa shape index (κ2) is 11.4. The van der Waals surface area contributed by atoms with Gasteiger partial charge in [-0.3, -0.25) is 9.59 Å². The van der Waals surface area contributed by atoms with Crippen LogP contribution in [-0.2, 0) is 24.2 Å². The number of aromatic nitrogens is 2. The van der Waals surface area contributed by atoms with E-state index < -0.39 is 0 Å². The minimum atomic E-state index is -0.0247. The van der Waals surface area contributed by atoms with E-state index in [2.05, 4.69) is 22.0 Å². The second-order valence-electron chi connectivity index (χ2n) is 9.82. The van der Waals surface area contributed by atoms with Crippen LogP contribution in [0.25, 0.3) is 11.0 Å². The van der Waals surface area contributed by atoms with Crippen molar-refractivity contribution in [2.45, 2.75) is 52.0 Å². The first-order valence-corrected chi connectivity index (χ1v) is 13.3. The highest BCUT2D eigenvalue weighted by Crippen LogP contribution is 2.27. The van der Waals surface area contributed by atoms with Crippen LogP contribution >= 0.6 is 0 Å². The van der Waals surface area contributed by atoms with E-state index in [1.807, 2.05) is 72.5 Å². The van der Waals surface area contributed by atoms with Crippen molar-refractivity contribution >= 4 is 28.5 Å².